The fraction of sp³-hybridized carbons (Fsp3) is 0.188. The van der Waals surface area contributed by atoms with Gasteiger partial charge in [0.15, 0.2) is 5.82 Å². The summed E-state index contributed by atoms with van der Waals surface area (Å²) in [5.41, 5.74) is 1.35. The van der Waals surface area contributed by atoms with Gasteiger partial charge in [0.25, 0.3) is 11.8 Å². The van der Waals surface area contributed by atoms with Crippen LogP contribution in [0.3, 0.4) is 0 Å². The van der Waals surface area contributed by atoms with Gasteiger partial charge in [-0.25, -0.2) is 18.7 Å². The Bertz CT molecular complexity index is 1850. The number of carbonyl (C=O) groups is 2. The molecular weight excluding hydrogens is 542 g/mol. The fourth-order valence-corrected chi connectivity index (χ4v) is 5.18. The number of benzene rings is 3. The molecule has 6 rings (SSSR count). The Kier molecular flexibility index (Phi) is 6.68. The summed E-state index contributed by atoms with van der Waals surface area (Å²) in [7, 11) is 2.89. The molecule has 8 nitrogen and oxygen atoms in total. The zero-order valence-corrected chi connectivity index (χ0v) is 23.0. The van der Waals surface area contributed by atoms with Gasteiger partial charge in [-0.1, -0.05) is 0 Å². The third-order valence-electron chi connectivity index (χ3n) is 7.53. The third kappa shape index (κ3) is 4.54. The molecule has 10 heteroatoms. The molecule has 1 fully saturated rings. The SMILES string of the molecule is CNC(=O)c1c(-c2ccc(F)cc2)oc2ccc(-c3cc(C(=O)NC4(c5ncccn5)CC4)c(OC)cc3C)c(F)c12. The summed E-state index contributed by atoms with van der Waals surface area (Å²) in [4.78, 5) is 35.2. The number of aryl methyl sites for hydroxylation is 1. The highest BCUT2D eigenvalue weighted by Gasteiger charge is 2.48. The molecule has 2 amide bonds. The molecule has 2 heterocycles. The van der Waals surface area contributed by atoms with E-state index in [-0.39, 0.29) is 33.4 Å². The number of nitrogens with zero attached hydrogens (tertiary/aromatic N) is 2. The van der Waals surface area contributed by atoms with E-state index in [0.29, 0.717) is 41.1 Å². The van der Waals surface area contributed by atoms with Crippen molar-refractivity contribution in [3.05, 3.63) is 101 Å². The lowest BCUT2D eigenvalue weighted by Gasteiger charge is -2.19. The zero-order chi connectivity index (χ0) is 29.6. The summed E-state index contributed by atoms with van der Waals surface area (Å²) in [5, 5.41) is 5.56. The summed E-state index contributed by atoms with van der Waals surface area (Å²) in [5.74, 6) is -1.15. The van der Waals surface area contributed by atoms with E-state index >= 15 is 4.39 Å². The van der Waals surface area contributed by atoms with E-state index in [2.05, 4.69) is 20.6 Å². The highest BCUT2D eigenvalue weighted by Crippen LogP contribution is 2.45. The number of rotatable bonds is 7. The summed E-state index contributed by atoms with van der Waals surface area (Å²) < 4.78 is 41.5. The number of fused-ring (bicyclic) bond motifs is 1. The normalized spacial score (nSPS) is 13.5. The molecule has 1 aliphatic carbocycles. The predicted octanol–water partition coefficient (Wildman–Crippen LogP) is 5.93. The Balaban J connectivity index is 1.47. The van der Waals surface area contributed by atoms with E-state index in [4.69, 9.17) is 9.15 Å². The molecule has 0 bridgehead atoms. The molecule has 0 radical (unpaired) electrons. The van der Waals surface area contributed by atoms with Gasteiger partial charge >= 0.3 is 0 Å². The first-order chi connectivity index (χ1) is 20.3. The standard InChI is InChI=1S/C32H26F2N4O4/c1-17-15-24(41-3)22(29(39)38-32(11-12-32)31-36-13-4-14-37-31)16-21(17)20-9-10-23-25(27(20)34)26(30(40)35-2)28(42-23)18-5-7-19(33)8-6-18/h4-10,13-16H,11-12H2,1-3H3,(H,35,40)(H,38,39). The van der Waals surface area contributed by atoms with Crippen LogP contribution < -0.4 is 15.4 Å². The summed E-state index contributed by atoms with van der Waals surface area (Å²) in [6.45, 7) is 1.78. The Labute approximate surface area is 239 Å². The summed E-state index contributed by atoms with van der Waals surface area (Å²) in [6, 6.07) is 13.5. The first-order valence-electron chi connectivity index (χ1n) is 13.3. The third-order valence-corrected chi connectivity index (χ3v) is 7.53. The Morgan fingerprint density at radius 2 is 1.69 bits per heavy atom. The Morgan fingerprint density at radius 3 is 2.33 bits per heavy atom. The maximum atomic E-state index is 16.5. The van der Waals surface area contributed by atoms with Crippen LogP contribution in [0, 0.1) is 18.6 Å². The Hall–Kier alpha value is -5.12. The lowest BCUT2D eigenvalue weighted by molar-refractivity contribution is 0.0923. The van der Waals surface area contributed by atoms with Crippen molar-refractivity contribution in [3.63, 3.8) is 0 Å². The molecule has 0 atom stereocenters. The molecule has 42 heavy (non-hydrogen) atoms. The van der Waals surface area contributed by atoms with Crippen molar-refractivity contribution < 1.29 is 27.5 Å². The van der Waals surface area contributed by atoms with Crippen LogP contribution in [-0.2, 0) is 5.54 Å². The number of carbonyl (C=O) groups excluding carboxylic acids is 2. The number of amides is 2. The van der Waals surface area contributed by atoms with E-state index < -0.39 is 29.0 Å². The van der Waals surface area contributed by atoms with Crippen LogP contribution in [0.5, 0.6) is 5.75 Å². The van der Waals surface area contributed by atoms with Gasteiger partial charge in [0, 0.05) is 30.6 Å². The maximum Gasteiger partial charge on any atom is 0.255 e. The smallest absolute Gasteiger partial charge is 0.255 e. The highest BCUT2D eigenvalue weighted by atomic mass is 19.1. The molecule has 1 saturated carbocycles. The zero-order valence-electron chi connectivity index (χ0n) is 23.0. The molecule has 3 aromatic carbocycles. The molecule has 0 aliphatic heterocycles. The first-order valence-corrected chi connectivity index (χ1v) is 13.3. The van der Waals surface area contributed by atoms with E-state index in [1.807, 2.05) is 0 Å². The molecule has 5 aromatic rings. The van der Waals surface area contributed by atoms with Crippen molar-refractivity contribution in [1.82, 2.24) is 20.6 Å². The first kappa shape index (κ1) is 27.1. The quantitative estimate of drug-likeness (QED) is 0.252. The second kappa shape index (κ2) is 10.4. The van der Waals surface area contributed by atoms with Gasteiger partial charge in [0.2, 0.25) is 0 Å². The topological polar surface area (TPSA) is 106 Å². The number of hydrogen-bond donors (Lipinski definition) is 2. The second-order valence-electron chi connectivity index (χ2n) is 10.2. The molecule has 2 N–H and O–H groups in total. The van der Waals surface area contributed by atoms with E-state index in [1.54, 1.807) is 49.6 Å². The van der Waals surface area contributed by atoms with Gasteiger partial charge in [-0.05, 0) is 85.5 Å². The van der Waals surface area contributed by atoms with Gasteiger partial charge in [-0.3, -0.25) is 9.59 Å². The molecule has 0 saturated heterocycles. The molecular formula is C32H26F2N4O4. The van der Waals surface area contributed by atoms with Gasteiger partial charge in [0.1, 0.15) is 34.3 Å². The fourth-order valence-electron chi connectivity index (χ4n) is 5.18. The van der Waals surface area contributed by atoms with Crippen LogP contribution >= 0.6 is 0 Å². The van der Waals surface area contributed by atoms with Gasteiger partial charge < -0.3 is 19.8 Å². The number of ether oxygens (including phenoxy) is 1. The average molecular weight is 569 g/mol. The average Bonchev–Trinajstić information content (AvgIpc) is 3.68. The van der Waals surface area contributed by atoms with Gasteiger partial charge in [0.05, 0.1) is 23.6 Å². The molecule has 2 aromatic heterocycles. The number of methoxy groups -OCH3 is 1. The molecule has 1 aliphatic rings. The van der Waals surface area contributed by atoms with Crippen molar-refractivity contribution in [1.29, 1.82) is 0 Å². The number of furan rings is 1. The van der Waals surface area contributed by atoms with Crippen molar-refractivity contribution in [3.8, 4) is 28.2 Å². The lowest BCUT2D eigenvalue weighted by Crippen LogP contribution is -2.36. The summed E-state index contributed by atoms with van der Waals surface area (Å²) >= 11 is 0. The van der Waals surface area contributed by atoms with E-state index in [1.165, 1.54) is 38.4 Å². The lowest BCUT2D eigenvalue weighted by atomic mass is 9.94. The van der Waals surface area contributed by atoms with E-state index in [9.17, 15) is 14.0 Å². The molecule has 212 valence electrons. The minimum absolute atomic E-state index is 0.0128. The number of nitrogens with one attached hydrogen (secondary N) is 2. The number of aromatic nitrogens is 2. The predicted molar refractivity (Wildman–Crippen MR) is 152 cm³/mol. The molecule has 0 unspecified atom stereocenters. The van der Waals surface area contributed by atoms with Crippen LogP contribution in [0.4, 0.5) is 8.78 Å². The van der Waals surface area contributed by atoms with Gasteiger partial charge in [-0.15, -0.1) is 0 Å². The summed E-state index contributed by atoms with van der Waals surface area (Å²) in [6.07, 6.45) is 4.63. The van der Waals surface area contributed by atoms with Crippen LogP contribution in [0.2, 0.25) is 0 Å². The van der Waals surface area contributed by atoms with Crippen molar-refractivity contribution in [2.24, 2.45) is 0 Å². The highest BCUT2D eigenvalue weighted by molar-refractivity contribution is 6.12. The maximum absolute atomic E-state index is 16.5. The van der Waals surface area contributed by atoms with Crippen LogP contribution in [0.15, 0.2) is 71.4 Å². The largest absolute Gasteiger partial charge is 0.496 e. The van der Waals surface area contributed by atoms with Crippen molar-refractivity contribution >= 4 is 22.8 Å². The van der Waals surface area contributed by atoms with E-state index in [0.717, 1.165) is 0 Å². The number of halogens is 2. The minimum Gasteiger partial charge on any atom is -0.496 e. The van der Waals surface area contributed by atoms with Gasteiger partial charge in [-0.2, -0.15) is 0 Å². The minimum atomic E-state index is -0.695. The van der Waals surface area contributed by atoms with Crippen molar-refractivity contribution in [2.45, 2.75) is 25.3 Å². The van der Waals surface area contributed by atoms with Crippen LogP contribution in [0.1, 0.15) is 44.9 Å². The van der Waals surface area contributed by atoms with Crippen molar-refractivity contribution in [2.75, 3.05) is 14.2 Å². The van der Waals surface area contributed by atoms with Crippen LogP contribution in [0.25, 0.3) is 33.4 Å². The van der Waals surface area contributed by atoms with Crippen LogP contribution in [-0.4, -0.2) is 35.9 Å². The number of hydrogen-bond acceptors (Lipinski definition) is 6. The molecule has 0 spiro atoms. The Morgan fingerprint density at radius 1 is 0.976 bits per heavy atom. The second-order valence-corrected chi connectivity index (χ2v) is 10.2. The monoisotopic (exact) mass is 568 g/mol.